The second-order valence-corrected chi connectivity index (χ2v) is 6.20. The summed E-state index contributed by atoms with van der Waals surface area (Å²) < 4.78 is 15.4. The summed E-state index contributed by atoms with van der Waals surface area (Å²) in [5, 5.41) is 10.5. The highest BCUT2D eigenvalue weighted by Crippen LogP contribution is 2.34. The Labute approximate surface area is 128 Å². The summed E-state index contributed by atoms with van der Waals surface area (Å²) in [6.45, 7) is 3.84. The third-order valence-corrected chi connectivity index (χ3v) is 4.66. The van der Waals surface area contributed by atoms with Crippen molar-refractivity contribution >= 4 is 31.9 Å². The number of aliphatic hydroxyl groups is 1. The maximum absolute atomic E-state index is 13.9. The maximum Gasteiger partial charge on any atom is 0.130 e. The number of halogens is 3. The Hall–Kier alpha value is -0.710. The minimum atomic E-state index is -0.984. The van der Waals surface area contributed by atoms with Crippen molar-refractivity contribution in [1.29, 1.82) is 0 Å². The van der Waals surface area contributed by atoms with Gasteiger partial charge in [-0.25, -0.2) is 4.39 Å². The lowest BCUT2D eigenvalue weighted by Crippen LogP contribution is -2.06. The van der Waals surface area contributed by atoms with Gasteiger partial charge in [0.15, 0.2) is 0 Å². The van der Waals surface area contributed by atoms with Gasteiger partial charge in [-0.1, -0.05) is 44.0 Å². The molecule has 0 heterocycles. The van der Waals surface area contributed by atoms with Crippen LogP contribution < -0.4 is 0 Å². The maximum atomic E-state index is 13.9. The average molecular weight is 388 g/mol. The highest BCUT2D eigenvalue weighted by atomic mass is 79.9. The van der Waals surface area contributed by atoms with E-state index in [9.17, 15) is 9.50 Å². The van der Waals surface area contributed by atoms with Gasteiger partial charge >= 0.3 is 0 Å². The van der Waals surface area contributed by atoms with Gasteiger partial charge in [-0.2, -0.15) is 0 Å². The highest BCUT2D eigenvalue weighted by Gasteiger charge is 2.20. The molecule has 19 heavy (non-hydrogen) atoms. The molecule has 0 spiro atoms. The van der Waals surface area contributed by atoms with Gasteiger partial charge < -0.3 is 5.11 Å². The largest absolute Gasteiger partial charge is 0.383 e. The van der Waals surface area contributed by atoms with Gasteiger partial charge in [-0.3, -0.25) is 0 Å². The molecule has 100 valence electrons. The van der Waals surface area contributed by atoms with Crippen LogP contribution in [0.1, 0.15) is 28.4 Å². The number of aliphatic hydroxyl groups excluding tert-OH is 1. The van der Waals surface area contributed by atoms with Crippen LogP contribution in [-0.4, -0.2) is 5.11 Å². The summed E-state index contributed by atoms with van der Waals surface area (Å²) in [7, 11) is 0. The molecule has 0 radical (unpaired) electrons. The third kappa shape index (κ3) is 2.91. The summed E-state index contributed by atoms with van der Waals surface area (Å²) in [6, 6.07) is 8.49. The zero-order valence-corrected chi connectivity index (χ0v) is 13.7. The topological polar surface area (TPSA) is 20.2 Å². The van der Waals surface area contributed by atoms with Crippen molar-refractivity contribution in [3.05, 3.63) is 67.3 Å². The van der Waals surface area contributed by atoms with Crippen LogP contribution in [0.2, 0.25) is 0 Å². The van der Waals surface area contributed by atoms with Crippen molar-refractivity contribution in [1.82, 2.24) is 0 Å². The lowest BCUT2D eigenvalue weighted by Gasteiger charge is -2.17. The molecule has 1 N–H and O–H groups in total. The molecule has 4 heteroatoms. The zero-order chi connectivity index (χ0) is 14.2. The predicted octanol–water partition coefficient (Wildman–Crippen LogP) is 5.05. The normalized spacial score (nSPS) is 12.5. The minimum absolute atomic E-state index is 0.271. The summed E-state index contributed by atoms with van der Waals surface area (Å²) >= 11 is 6.74. The van der Waals surface area contributed by atoms with Crippen LogP contribution in [-0.2, 0) is 0 Å². The first-order valence-electron chi connectivity index (χ1n) is 5.80. The third-order valence-electron chi connectivity index (χ3n) is 3.12. The van der Waals surface area contributed by atoms with E-state index in [0.717, 1.165) is 15.6 Å². The van der Waals surface area contributed by atoms with E-state index in [1.54, 1.807) is 12.1 Å². The molecule has 0 aromatic heterocycles. The molecule has 0 bridgehead atoms. The Kier molecular flexibility index (Phi) is 4.43. The van der Waals surface area contributed by atoms with Crippen LogP contribution in [0.15, 0.2) is 39.3 Å². The van der Waals surface area contributed by atoms with Crippen LogP contribution >= 0.6 is 31.9 Å². The molecule has 0 aliphatic carbocycles. The first kappa shape index (κ1) is 14.7. The van der Waals surface area contributed by atoms with Crippen LogP contribution in [0.25, 0.3) is 0 Å². The number of hydrogen-bond acceptors (Lipinski definition) is 1. The molecule has 2 rings (SSSR count). The summed E-state index contributed by atoms with van der Waals surface area (Å²) in [4.78, 5) is 0. The molecule has 1 atom stereocenters. The van der Waals surface area contributed by atoms with Gasteiger partial charge in [0.2, 0.25) is 0 Å². The van der Waals surface area contributed by atoms with Gasteiger partial charge in [0.25, 0.3) is 0 Å². The van der Waals surface area contributed by atoms with E-state index in [0.29, 0.717) is 10.0 Å². The van der Waals surface area contributed by atoms with E-state index >= 15 is 0 Å². The van der Waals surface area contributed by atoms with Crippen LogP contribution in [0, 0.1) is 19.7 Å². The summed E-state index contributed by atoms with van der Waals surface area (Å²) in [5.74, 6) is -0.415. The molecule has 0 saturated heterocycles. The molecule has 0 fully saturated rings. The molecule has 2 aromatic rings. The van der Waals surface area contributed by atoms with E-state index < -0.39 is 11.9 Å². The molecule has 1 nitrogen and oxygen atoms in total. The Balaban J connectivity index is 2.56. The van der Waals surface area contributed by atoms with Crippen molar-refractivity contribution in [3.8, 4) is 0 Å². The van der Waals surface area contributed by atoms with Crippen LogP contribution in [0.5, 0.6) is 0 Å². The van der Waals surface area contributed by atoms with E-state index in [1.165, 1.54) is 6.07 Å². The summed E-state index contributed by atoms with van der Waals surface area (Å²) in [5.41, 5.74) is 2.91. The molecular formula is C15H13Br2FO. The first-order chi connectivity index (χ1) is 8.91. The van der Waals surface area contributed by atoms with E-state index in [4.69, 9.17) is 0 Å². The fourth-order valence-electron chi connectivity index (χ4n) is 2.03. The molecule has 1 unspecified atom stereocenters. The van der Waals surface area contributed by atoms with Gasteiger partial charge in [0.1, 0.15) is 11.9 Å². The monoisotopic (exact) mass is 386 g/mol. The lowest BCUT2D eigenvalue weighted by atomic mass is 9.95. The summed E-state index contributed by atoms with van der Waals surface area (Å²) in [6.07, 6.45) is -0.984. The molecule has 0 aliphatic rings. The quantitative estimate of drug-likeness (QED) is 0.764. The standard InChI is InChI=1S/C15H13Br2FO/c1-8-7-12(17)9(2)6-10(8)15(19)14-11(16)4-3-5-13(14)18/h3-7,15,19H,1-2H3. The highest BCUT2D eigenvalue weighted by molar-refractivity contribution is 9.10. The Morgan fingerprint density at radius 2 is 1.74 bits per heavy atom. The Morgan fingerprint density at radius 1 is 1.05 bits per heavy atom. The smallest absolute Gasteiger partial charge is 0.130 e. The number of aryl methyl sites for hydroxylation is 2. The first-order valence-corrected chi connectivity index (χ1v) is 7.39. The molecule has 2 aromatic carbocycles. The molecule has 0 amide bonds. The average Bonchev–Trinajstić information content (AvgIpc) is 2.33. The Morgan fingerprint density at radius 3 is 2.37 bits per heavy atom. The minimum Gasteiger partial charge on any atom is -0.383 e. The van der Waals surface area contributed by atoms with E-state index in [2.05, 4.69) is 31.9 Å². The zero-order valence-electron chi connectivity index (χ0n) is 10.5. The fraction of sp³-hybridized carbons (Fsp3) is 0.200. The van der Waals surface area contributed by atoms with Gasteiger partial charge in [0.05, 0.1) is 0 Å². The van der Waals surface area contributed by atoms with Crippen molar-refractivity contribution in [2.24, 2.45) is 0 Å². The second-order valence-electron chi connectivity index (χ2n) is 4.50. The molecule has 0 saturated carbocycles. The second kappa shape index (κ2) is 5.73. The van der Waals surface area contributed by atoms with Crippen LogP contribution in [0.4, 0.5) is 4.39 Å². The number of hydrogen-bond donors (Lipinski definition) is 1. The van der Waals surface area contributed by atoms with E-state index in [1.807, 2.05) is 26.0 Å². The van der Waals surface area contributed by atoms with Gasteiger partial charge in [-0.15, -0.1) is 0 Å². The van der Waals surface area contributed by atoms with Gasteiger partial charge in [0, 0.05) is 14.5 Å². The SMILES string of the molecule is Cc1cc(C(O)c2c(F)cccc2Br)c(C)cc1Br. The van der Waals surface area contributed by atoms with Crippen molar-refractivity contribution in [2.75, 3.05) is 0 Å². The Bertz CT molecular complexity index is 606. The number of benzene rings is 2. The van der Waals surface area contributed by atoms with Crippen LogP contribution in [0.3, 0.4) is 0 Å². The molecule has 0 aliphatic heterocycles. The van der Waals surface area contributed by atoms with E-state index in [-0.39, 0.29) is 5.56 Å². The van der Waals surface area contributed by atoms with Crippen molar-refractivity contribution in [3.63, 3.8) is 0 Å². The van der Waals surface area contributed by atoms with Gasteiger partial charge in [-0.05, 0) is 48.7 Å². The lowest BCUT2D eigenvalue weighted by molar-refractivity contribution is 0.213. The molecular weight excluding hydrogens is 375 g/mol. The van der Waals surface area contributed by atoms with Crippen molar-refractivity contribution in [2.45, 2.75) is 20.0 Å². The fourth-order valence-corrected chi connectivity index (χ4v) is 3.04. The predicted molar refractivity (Wildman–Crippen MR) is 81.8 cm³/mol. The number of rotatable bonds is 2. The van der Waals surface area contributed by atoms with Crippen molar-refractivity contribution < 1.29 is 9.50 Å².